The van der Waals surface area contributed by atoms with Gasteiger partial charge < -0.3 is 4.90 Å². The highest BCUT2D eigenvalue weighted by Gasteiger charge is 2.10. The first-order valence-electron chi connectivity index (χ1n) is 4.92. The van der Waals surface area contributed by atoms with Crippen molar-refractivity contribution in [2.24, 2.45) is 5.92 Å². The van der Waals surface area contributed by atoms with E-state index < -0.39 is 0 Å². The van der Waals surface area contributed by atoms with Crippen LogP contribution in [0.2, 0.25) is 0 Å². The van der Waals surface area contributed by atoms with Crippen LogP contribution in [-0.2, 0) is 6.54 Å². The van der Waals surface area contributed by atoms with Crippen molar-refractivity contribution in [3.05, 3.63) is 4.77 Å². The van der Waals surface area contributed by atoms with E-state index in [1.807, 2.05) is 11.6 Å². The third kappa shape index (κ3) is 2.35. The Bertz CT molecular complexity index is 339. The lowest BCUT2D eigenvalue weighted by atomic mass is 10.2. The molecule has 1 aromatic heterocycles. The van der Waals surface area contributed by atoms with E-state index in [0.29, 0.717) is 10.7 Å². The molecule has 0 aromatic carbocycles. The third-order valence-electron chi connectivity index (χ3n) is 2.03. The van der Waals surface area contributed by atoms with Gasteiger partial charge in [0.05, 0.1) is 0 Å². The number of hydrogen-bond donors (Lipinski definition) is 1. The Hall–Kier alpha value is -0.840. The number of rotatable bonds is 4. The molecule has 1 aromatic rings. The van der Waals surface area contributed by atoms with Crippen molar-refractivity contribution in [3.63, 3.8) is 0 Å². The fourth-order valence-corrected chi connectivity index (χ4v) is 1.77. The monoisotopic (exact) mass is 214 g/mol. The molecular weight excluding hydrogens is 196 g/mol. The predicted octanol–water partition coefficient (Wildman–Crippen LogP) is 2.05. The summed E-state index contributed by atoms with van der Waals surface area (Å²) in [5, 5.41) is 7.03. The van der Waals surface area contributed by atoms with Gasteiger partial charge in [-0.25, -0.2) is 5.10 Å². The minimum Gasteiger partial charge on any atom is -0.344 e. The number of nitrogens with zero attached hydrogens (tertiary/aromatic N) is 3. The van der Waals surface area contributed by atoms with E-state index in [1.165, 1.54) is 0 Å². The van der Waals surface area contributed by atoms with E-state index in [0.717, 1.165) is 19.0 Å². The Morgan fingerprint density at radius 2 is 2.21 bits per heavy atom. The third-order valence-corrected chi connectivity index (χ3v) is 2.35. The molecule has 0 aliphatic rings. The molecule has 0 aliphatic carbocycles. The van der Waals surface area contributed by atoms with Crippen LogP contribution in [0, 0.1) is 10.7 Å². The van der Waals surface area contributed by atoms with E-state index in [2.05, 4.69) is 35.9 Å². The van der Waals surface area contributed by atoms with Crippen molar-refractivity contribution in [2.45, 2.75) is 27.3 Å². The second-order valence-corrected chi connectivity index (χ2v) is 4.23. The van der Waals surface area contributed by atoms with Crippen LogP contribution in [0.1, 0.15) is 20.8 Å². The average Bonchev–Trinajstić information content (AvgIpc) is 2.45. The summed E-state index contributed by atoms with van der Waals surface area (Å²) < 4.78 is 2.69. The molecule has 1 rings (SSSR count). The Balaban J connectivity index is 2.89. The maximum absolute atomic E-state index is 5.12. The van der Waals surface area contributed by atoms with Crippen LogP contribution in [-0.4, -0.2) is 28.4 Å². The Morgan fingerprint density at radius 1 is 1.57 bits per heavy atom. The summed E-state index contributed by atoms with van der Waals surface area (Å²) in [5.74, 6) is 1.54. The van der Waals surface area contributed by atoms with Gasteiger partial charge in [-0.05, 0) is 25.1 Å². The molecule has 14 heavy (non-hydrogen) atoms. The van der Waals surface area contributed by atoms with Crippen molar-refractivity contribution >= 4 is 18.2 Å². The molecule has 1 N–H and O–H groups in total. The van der Waals surface area contributed by atoms with Gasteiger partial charge in [-0.3, -0.25) is 4.57 Å². The second-order valence-electron chi connectivity index (χ2n) is 3.85. The van der Waals surface area contributed by atoms with Crippen LogP contribution < -0.4 is 4.90 Å². The number of aromatic amines is 1. The molecular formula is C9H18N4S. The number of H-pyrrole nitrogens is 1. The van der Waals surface area contributed by atoms with Gasteiger partial charge in [0, 0.05) is 20.1 Å². The maximum atomic E-state index is 5.12. The van der Waals surface area contributed by atoms with Gasteiger partial charge in [0.15, 0.2) is 4.77 Å². The van der Waals surface area contributed by atoms with E-state index >= 15 is 0 Å². The molecule has 5 heteroatoms. The SMILES string of the molecule is CCn1c(N(C)CC(C)C)n[nH]c1=S. The van der Waals surface area contributed by atoms with E-state index in [4.69, 9.17) is 12.2 Å². The Morgan fingerprint density at radius 3 is 2.71 bits per heavy atom. The molecule has 0 atom stereocenters. The minimum atomic E-state index is 0.621. The summed E-state index contributed by atoms with van der Waals surface area (Å²) in [6.07, 6.45) is 0. The summed E-state index contributed by atoms with van der Waals surface area (Å²) in [6, 6.07) is 0. The van der Waals surface area contributed by atoms with Crippen LogP contribution in [0.15, 0.2) is 0 Å². The Labute approximate surface area is 89.9 Å². The van der Waals surface area contributed by atoms with Gasteiger partial charge in [0.1, 0.15) is 0 Å². The van der Waals surface area contributed by atoms with Crippen molar-refractivity contribution in [3.8, 4) is 0 Å². The molecule has 0 bridgehead atoms. The molecule has 0 saturated heterocycles. The fraction of sp³-hybridized carbons (Fsp3) is 0.778. The molecule has 4 nitrogen and oxygen atoms in total. The van der Waals surface area contributed by atoms with Gasteiger partial charge in [0.2, 0.25) is 5.95 Å². The first-order chi connectivity index (χ1) is 6.56. The lowest BCUT2D eigenvalue weighted by molar-refractivity contribution is 0.614. The topological polar surface area (TPSA) is 36.9 Å². The summed E-state index contributed by atoms with van der Waals surface area (Å²) in [4.78, 5) is 2.13. The number of nitrogens with one attached hydrogen (secondary N) is 1. The number of aromatic nitrogens is 3. The van der Waals surface area contributed by atoms with Crippen molar-refractivity contribution < 1.29 is 0 Å². The van der Waals surface area contributed by atoms with Crippen LogP contribution in [0.4, 0.5) is 5.95 Å². The zero-order valence-electron chi connectivity index (χ0n) is 9.24. The standard InChI is InChI=1S/C9H18N4S/c1-5-13-8(10-11-9(13)14)12(4)6-7(2)3/h7H,5-6H2,1-4H3,(H,11,14). The van der Waals surface area contributed by atoms with E-state index in [9.17, 15) is 0 Å². The van der Waals surface area contributed by atoms with E-state index in [1.54, 1.807) is 0 Å². The second kappa shape index (κ2) is 4.59. The predicted molar refractivity (Wildman–Crippen MR) is 61.2 cm³/mol. The summed E-state index contributed by atoms with van der Waals surface area (Å²) in [6.45, 7) is 8.28. The Kier molecular flexibility index (Phi) is 3.69. The van der Waals surface area contributed by atoms with Crippen LogP contribution in [0.5, 0.6) is 0 Å². The molecule has 0 amide bonds. The van der Waals surface area contributed by atoms with E-state index in [-0.39, 0.29) is 0 Å². The highest BCUT2D eigenvalue weighted by Crippen LogP contribution is 2.10. The molecule has 0 radical (unpaired) electrons. The van der Waals surface area contributed by atoms with Crippen molar-refractivity contribution in [1.82, 2.24) is 14.8 Å². The maximum Gasteiger partial charge on any atom is 0.225 e. The normalized spacial score (nSPS) is 10.9. The number of anilines is 1. The highest BCUT2D eigenvalue weighted by molar-refractivity contribution is 7.71. The van der Waals surface area contributed by atoms with Gasteiger partial charge in [0.25, 0.3) is 0 Å². The van der Waals surface area contributed by atoms with Crippen LogP contribution >= 0.6 is 12.2 Å². The summed E-state index contributed by atoms with van der Waals surface area (Å²) in [5.41, 5.74) is 0. The smallest absolute Gasteiger partial charge is 0.225 e. The molecule has 80 valence electrons. The quantitative estimate of drug-likeness (QED) is 0.779. The van der Waals surface area contributed by atoms with Crippen molar-refractivity contribution in [2.75, 3.05) is 18.5 Å². The van der Waals surface area contributed by atoms with Gasteiger partial charge >= 0.3 is 0 Å². The molecule has 0 spiro atoms. The lowest BCUT2D eigenvalue weighted by Gasteiger charge is -2.20. The average molecular weight is 214 g/mol. The van der Waals surface area contributed by atoms with Gasteiger partial charge in [-0.15, -0.1) is 5.10 Å². The van der Waals surface area contributed by atoms with Crippen LogP contribution in [0.3, 0.4) is 0 Å². The largest absolute Gasteiger partial charge is 0.344 e. The molecule has 0 aliphatic heterocycles. The summed E-state index contributed by atoms with van der Waals surface area (Å²) >= 11 is 5.12. The molecule has 0 fully saturated rings. The fourth-order valence-electron chi connectivity index (χ4n) is 1.52. The van der Waals surface area contributed by atoms with Crippen LogP contribution in [0.25, 0.3) is 0 Å². The molecule has 0 unspecified atom stereocenters. The number of hydrogen-bond acceptors (Lipinski definition) is 3. The minimum absolute atomic E-state index is 0.621. The first-order valence-corrected chi connectivity index (χ1v) is 5.33. The zero-order chi connectivity index (χ0) is 10.7. The lowest BCUT2D eigenvalue weighted by Crippen LogP contribution is -2.25. The summed E-state index contributed by atoms with van der Waals surface area (Å²) in [7, 11) is 2.04. The first kappa shape index (κ1) is 11.2. The van der Waals surface area contributed by atoms with Gasteiger partial charge in [-0.2, -0.15) is 0 Å². The van der Waals surface area contributed by atoms with Crippen molar-refractivity contribution in [1.29, 1.82) is 0 Å². The molecule has 0 saturated carbocycles. The highest BCUT2D eigenvalue weighted by atomic mass is 32.1. The molecule has 1 heterocycles. The zero-order valence-corrected chi connectivity index (χ0v) is 10.1. The van der Waals surface area contributed by atoms with Gasteiger partial charge in [-0.1, -0.05) is 13.8 Å².